The van der Waals surface area contributed by atoms with Crippen molar-refractivity contribution in [3.05, 3.63) is 21.9 Å². The van der Waals surface area contributed by atoms with Crippen LogP contribution in [0.2, 0.25) is 0 Å². The molecular weight excluding hydrogens is 214 g/mol. The van der Waals surface area contributed by atoms with E-state index in [9.17, 15) is 0 Å². The Hall–Kier alpha value is -0.340. The summed E-state index contributed by atoms with van der Waals surface area (Å²) in [5, 5.41) is 5.92. The zero-order chi connectivity index (χ0) is 11.4. The van der Waals surface area contributed by atoms with Gasteiger partial charge in [-0.25, -0.2) is 0 Å². The number of rotatable bonds is 5. The summed E-state index contributed by atoms with van der Waals surface area (Å²) >= 11 is 1.90. The van der Waals surface area contributed by atoms with Gasteiger partial charge in [-0.05, 0) is 55.5 Å². The Morgan fingerprint density at radius 1 is 1.44 bits per heavy atom. The lowest BCUT2D eigenvalue weighted by molar-refractivity contribution is 0.479. The van der Waals surface area contributed by atoms with Gasteiger partial charge in [0.2, 0.25) is 0 Å². The van der Waals surface area contributed by atoms with E-state index in [1.54, 1.807) is 4.88 Å². The lowest BCUT2D eigenvalue weighted by atomic mass is 10.1. The minimum Gasteiger partial charge on any atom is -0.314 e. The van der Waals surface area contributed by atoms with Crippen LogP contribution in [-0.4, -0.2) is 12.6 Å². The average molecular weight is 237 g/mol. The van der Waals surface area contributed by atoms with Crippen LogP contribution in [0, 0.1) is 12.8 Å². The third-order valence-corrected chi connectivity index (χ3v) is 4.95. The van der Waals surface area contributed by atoms with Crippen molar-refractivity contribution in [1.29, 1.82) is 0 Å². The number of hydrogen-bond donors (Lipinski definition) is 1. The summed E-state index contributed by atoms with van der Waals surface area (Å²) < 4.78 is 0. The van der Waals surface area contributed by atoms with Gasteiger partial charge < -0.3 is 5.32 Å². The van der Waals surface area contributed by atoms with Crippen LogP contribution in [-0.2, 0) is 6.42 Å². The second-order valence-electron chi connectivity index (χ2n) is 5.02. The van der Waals surface area contributed by atoms with E-state index < -0.39 is 0 Å². The van der Waals surface area contributed by atoms with Crippen LogP contribution in [0.3, 0.4) is 0 Å². The number of aryl methyl sites for hydroxylation is 1. The fourth-order valence-corrected chi connectivity index (χ4v) is 3.59. The van der Waals surface area contributed by atoms with E-state index >= 15 is 0 Å². The molecule has 1 fully saturated rings. The standard InChI is InChI=1S/C14H23NS/c1-3-12-4-5-13(10-12)15-8-6-14-11(2)7-9-16-14/h7,9,12-13,15H,3-6,8,10H2,1-2H3. The van der Waals surface area contributed by atoms with E-state index in [1.807, 2.05) is 11.3 Å². The highest BCUT2D eigenvalue weighted by atomic mass is 32.1. The molecule has 1 aromatic heterocycles. The molecule has 90 valence electrons. The number of thiophene rings is 1. The van der Waals surface area contributed by atoms with Crippen molar-refractivity contribution in [2.45, 2.75) is 52.0 Å². The maximum atomic E-state index is 3.72. The van der Waals surface area contributed by atoms with E-state index in [2.05, 4.69) is 30.6 Å². The first-order chi connectivity index (χ1) is 7.79. The van der Waals surface area contributed by atoms with Gasteiger partial charge in [-0.1, -0.05) is 13.3 Å². The fraction of sp³-hybridized carbons (Fsp3) is 0.714. The monoisotopic (exact) mass is 237 g/mol. The maximum Gasteiger partial charge on any atom is 0.00870 e. The molecule has 0 amide bonds. The van der Waals surface area contributed by atoms with Gasteiger partial charge >= 0.3 is 0 Å². The molecule has 0 radical (unpaired) electrons. The highest BCUT2D eigenvalue weighted by molar-refractivity contribution is 7.10. The summed E-state index contributed by atoms with van der Waals surface area (Å²) in [6.45, 7) is 5.69. The minimum atomic E-state index is 0.796. The highest BCUT2D eigenvalue weighted by Gasteiger charge is 2.22. The quantitative estimate of drug-likeness (QED) is 0.822. The van der Waals surface area contributed by atoms with E-state index in [1.165, 1.54) is 37.7 Å². The van der Waals surface area contributed by atoms with Crippen LogP contribution in [0.25, 0.3) is 0 Å². The van der Waals surface area contributed by atoms with Crippen LogP contribution in [0.15, 0.2) is 11.4 Å². The molecular formula is C14H23NS. The lowest BCUT2D eigenvalue weighted by Crippen LogP contribution is -2.28. The molecule has 1 aromatic rings. The predicted octanol–water partition coefficient (Wildman–Crippen LogP) is 3.77. The summed E-state index contributed by atoms with van der Waals surface area (Å²) in [4.78, 5) is 1.55. The summed E-state index contributed by atoms with van der Waals surface area (Å²) in [5.41, 5.74) is 1.46. The molecule has 1 aliphatic rings. The first kappa shape index (κ1) is 12.1. The van der Waals surface area contributed by atoms with Crippen LogP contribution >= 0.6 is 11.3 Å². The molecule has 2 atom stereocenters. The molecule has 2 heteroatoms. The molecule has 16 heavy (non-hydrogen) atoms. The van der Waals surface area contributed by atoms with Gasteiger partial charge in [-0.15, -0.1) is 11.3 Å². The Labute approximate surface area is 103 Å². The van der Waals surface area contributed by atoms with Gasteiger partial charge in [-0.3, -0.25) is 0 Å². The normalized spacial score (nSPS) is 25.1. The number of nitrogens with one attached hydrogen (secondary N) is 1. The van der Waals surface area contributed by atoms with Crippen molar-refractivity contribution < 1.29 is 0 Å². The molecule has 1 heterocycles. The van der Waals surface area contributed by atoms with Crippen molar-refractivity contribution in [1.82, 2.24) is 5.32 Å². The van der Waals surface area contributed by atoms with Gasteiger partial charge in [0.25, 0.3) is 0 Å². The highest BCUT2D eigenvalue weighted by Crippen LogP contribution is 2.27. The molecule has 0 aliphatic heterocycles. The summed E-state index contributed by atoms with van der Waals surface area (Å²) in [6, 6.07) is 3.02. The van der Waals surface area contributed by atoms with E-state index in [4.69, 9.17) is 0 Å². The Kier molecular flexibility index (Phi) is 4.42. The van der Waals surface area contributed by atoms with Crippen molar-refractivity contribution in [2.24, 2.45) is 5.92 Å². The zero-order valence-electron chi connectivity index (χ0n) is 10.5. The molecule has 0 bridgehead atoms. The zero-order valence-corrected chi connectivity index (χ0v) is 11.3. The third-order valence-electron chi connectivity index (χ3n) is 3.87. The van der Waals surface area contributed by atoms with E-state index in [0.29, 0.717) is 0 Å². The number of hydrogen-bond acceptors (Lipinski definition) is 2. The minimum absolute atomic E-state index is 0.796. The maximum absolute atomic E-state index is 3.72. The Morgan fingerprint density at radius 2 is 2.31 bits per heavy atom. The van der Waals surface area contributed by atoms with Crippen molar-refractivity contribution in [3.63, 3.8) is 0 Å². The summed E-state index contributed by atoms with van der Waals surface area (Å²) in [7, 11) is 0. The van der Waals surface area contributed by atoms with Gasteiger partial charge in [0.15, 0.2) is 0 Å². The van der Waals surface area contributed by atoms with Gasteiger partial charge in [-0.2, -0.15) is 0 Å². The van der Waals surface area contributed by atoms with Gasteiger partial charge in [0.1, 0.15) is 0 Å². The molecule has 2 rings (SSSR count). The molecule has 0 spiro atoms. The second-order valence-corrected chi connectivity index (χ2v) is 6.02. The third kappa shape index (κ3) is 3.08. The lowest BCUT2D eigenvalue weighted by Gasteiger charge is -2.12. The first-order valence-corrected chi connectivity index (χ1v) is 7.44. The summed E-state index contributed by atoms with van der Waals surface area (Å²) in [5.74, 6) is 0.987. The Bertz CT molecular complexity index is 318. The van der Waals surface area contributed by atoms with Crippen LogP contribution in [0.5, 0.6) is 0 Å². The van der Waals surface area contributed by atoms with Crippen LogP contribution in [0.1, 0.15) is 43.0 Å². The molecule has 0 saturated heterocycles. The van der Waals surface area contributed by atoms with Crippen molar-refractivity contribution in [2.75, 3.05) is 6.54 Å². The van der Waals surface area contributed by atoms with E-state index in [0.717, 1.165) is 18.5 Å². The Morgan fingerprint density at radius 3 is 2.94 bits per heavy atom. The largest absolute Gasteiger partial charge is 0.314 e. The smallest absolute Gasteiger partial charge is 0.00870 e. The molecule has 1 aliphatic carbocycles. The predicted molar refractivity (Wildman–Crippen MR) is 72.2 cm³/mol. The molecule has 1 N–H and O–H groups in total. The van der Waals surface area contributed by atoms with Crippen LogP contribution in [0.4, 0.5) is 0 Å². The van der Waals surface area contributed by atoms with Crippen LogP contribution < -0.4 is 5.32 Å². The fourth-order valence-electron chi connectivity index (χ4n) is 2.68. The SMILES string of the molecule is CCC1CCC(NCCc2sccc2C)C1. The van der Waals surface area contributed by atoms with Gasteiger partial charge in [0.05, 0.1) is 0 Å². The molecule has 2 unspecified atom stereocenters. The Balaban J connectivity index is 1.67. The van der Waals surface area contributed by atoms with Crippen molar-refractivity contribution in [3.8, 4) is 0 Å². The van der Waals surface area contributed by atoms with E-state index in [-0.39, 0.29) is 0 Å². The van der Waals surface area contributed by atoms with Crippen molar-refractivity contribution >= 4 is 11.3 Å². The summed E-state index contributed by atoms with van der Waals surface area (Å²) in [6.07, 6.45) is 6.80. The molecule has 1 saturated carbocycles. The van der Waals surface area contributed by atoms with Gasteiger partial charge in [0, 0.05) is 17.5 Å². The molecule has 1 nitrogen and oxygen atoms in total. The first-order valence-electron chi connectivity index (χ1n) is 6.56. The average Bonchev–Trinajstić information content (AvgIpc) is 2.89. The molecule has 0 aromatic carbocycles. The second kappa shape index (κ2) is 5.83. The topological polar surface area (TPSA) is 12.0 Å².